The van der Waals surface area contributed by atoms with E-state index in [9.17, 15) is 4.39 Å². The molecular weight excluding hydrogens is 243 g/mol. The number of nitrogens with one attached hydrogen (secondary N) is 1. The van der Waals surface area contributed by atoms with Gasteiger partial charge in [-0.2, -0.15) is 0 Å². The van der Waals surface area contributed by atoms with E-state index in [0.29, 0.717) is 11.3 Å². The third-order valence-corrected chi connectivity index (χ3v) is 3.08. The fraction of sp³-hybridized carbons (Fsp3) is 0.267. The summed E-state index contributed by atoms with van der Waals surface area (Å²) in [5.74, 6) is 0.235. The fourth-order valence-corrected chi connectivity index (χ4v) is 2.10. The number of aryl methyl sites for hydroxylation is 1. The molecule has 1 aromatic carbocycles. The van der Waals surface area contributed by atoms with Crippen molar-refractivity contribution in [1.82, 2.24) is 10.3 Å². The molecule has 1 aromatic heterocycles. The highest BCUT2D eigenvalue weighted by molar-refractivity contribution is 5.42. The Hall–Kier alpha value is -1.94. The number of ether oxygens (including phenoxy) is 1. The first-order valence-corrected chi connectivity index (χ1v) is 6.09. The van der Waals surface area contributed by atoms with Crippen molar-refractivity contribution in [3.63, 3.8) is 0 Å². The van der Waals surface area contributed by atoms with Crippen LogP contribution in [0.1, 0.15) is 22.9 Å². The molecule has 0 bridgehead atoms. The van der Waals surface area contributed by atoms with Gasteiger partial charge in [0.15, 0.2) is 0 Å². The van der Waals surface area contributed by atoms with Crippen molar-refractivity contribution in [1.29, 1.82) is 0 Å². The number of rotatable bonds is 4. The molecule has 2 aromatic rings. The number of methoxy groups -OCH3 is 1. The van der Waals surface area contributed by atoms with Crippen LogP contribution in [0.3, 0.4) is 0 Å². The number of benzene rings is 1. The predicted octanol–water partition coefficient (Wildman–Crippen LogP) is 2.85. The van der Waals surface area contributed by atoms with Crippen molar-refractivity contribution in [3.05, 3.63) is 59.2 Å². The van der Waals surface area contributed by atoms with Crippen molar-refractivity contribution < 1.29 is 9.13 Å². The highest BCUT2D eigenvalue weighted by atomic mass is 19.1. The van der Waals surface area contributed by atoms with Crippen molar-refractivity contribution in [3.8, 4) is 5.75 Å². The van der Waals surface area contributed by atoms with Gasteiger partial charge in [0.1, 0.15) is 11.6 Å². The zero-order valence-corrected chi connectivity index (χ0v) is 11.3. The van der Waals surface area contributed by atoms with Crippen LogP contribution >= 0.6 is 0 Å². The van der Waals surface area contributed by atoms with E-state index in [1.165, 1.54) is 6.07 Å². The van der Waals surface area contributed by atoms with Gasteiger partial charge >= 0.3 is 0 Å². The highest BCUT2D eigenvalue weighted by Gasteiger charge is 2.20. The molecule has 0 saturated carbocycles. The Kier molecular flexibility index (Phi) is 4.12. The zero-order chi connectivity index (χ0) is 13.8. The van der Waals surface area contributed by atoms with Gasteiger partial charge in [-0.3, -0.25) is 4.98 Å². The number of aromatic nitrogens is 1. The van der Waals surface area contributed by atoms with Gasteiger partial charge in [0.05, 0.1) is 18.7 Å². The van der Waals surface area contributed by atoms with Crippen LogP contribution in [-0.4, -0.2) is 19.1 Å². The number of hydrogen-bond acceptors (Lipinski definition) is 3. The minimum Gasteiger partial charge on any atom is -0.496 e. The average molecular weight is 260 g/mol. The topological polar surface area (TPSA) is 34.2 Å². The van der Waals surface area contributed by atoms with Gasteiger partial charge in [0, 0.05) is 11.9 Å². The summed E-state index contributed by atoms with van der Waals surface area (Å²) >= 11 is 0. The summed E-state index contributed by atoms with van der Waals surface area (Å²) in [5, 5.41) is 3.11. The SMILES string of the molecule is CNC(c1ccc(C)nc1)c1c(F)cccc1OC. The second-order valence-corrected chi connectivity index (χ2v) is 4.31. The van der Waals surface area contributed by atoms with E-state index in [4.69, 9.17) is 4.74 Å². The molecule has 0 saturated heterocycles. The summed E-state index contributed by atoms with van der Waals surface area (Å²) in [5.41, 5.74) is 2.33. The lowest BCUT2D eigenvalue weighted by Gasteiger charge is -2.20. The van der Waals surface area contributed by atoms with E-state index in [-0.39, 0.29) is 11.9 Å². The summed E-state index contributed by atoms with van der Waals surface area (Å²) in [6.07, 6.45) is 1.75. The Balaban J connectivity index is 2.50. The van der Waals surface area contributed by atoms with Crippen molar-refractivity contribution in [2.75, 3.05) is 14.2 Å². The summed E-state index contributed by atoms with van der Waals surface area (Å²) in [7, 11) is 3.33. The van der Waals surface area contributed by atoms with Gasteiger partial charge in [-0.25, -0.2) is 4.39 Å². The van der Waals surface area contributed by atoms with Gasteiger partial charge in [-0.15, -0.1) is 0 Å². The molecule has 0 amide bonds. The fourth-order valence-electron chi connectivity index (χ4n) is 2.10. The summed E-state index contributed by atoms with van der Waals surface area (Å²) in [6, 6.07) is 8.39. The molecule has 0 aliphatic heterocycles. The maximum Gasteiger partial charge on any atom is 0.132 e. The second-order valence-electron chi connectivity index (χ2n) is 4.31. The monoisotopic (exact) mass is 260 g/mol. The van der Waals surface area contributed by atoms with Crippen molar-refractivity contribution in [2.24, 2.45) is 0 Å². The van der Waals surface area contributed by atoms with Crippen LogP contribution < -0.4 is 10.1 Å². The Morgan fingerprint density at radius 3 is 2.63 bits per heavy atom. The molecule has 1 unspecified atom stereocenters. The van der Waals surface area contributed by atoms with E-state index < -0.39 is 0 Å². The Morgan fingerprint density at radius 2 is 2.05 bits per heavy atom. The first-order chi connectivity index (χ1) is 9.17. The molecule has 1 N–H and O–H groups in total. The van der Waals surface area contributed by atoms with E-state index in [1.54, 1.807) is 32.5 Å². The Labute approximate surface area is 112 Å². The van der Waals surface area contributed by atoms with Crippen LogP contribution in [0.2, 0.25) is 0 Å². The van der Waals surface area contributed by atoms with Crippen LogP contribution in [0.15, 0.2) is 36.5 Å². The molecule has 100 valence electrons. The maximum absolute atomic E-state index is 14.1. The largest absolute Gasteiger partial charge is 0.496 e. The summed E-state index contributed by atoms with van der Waals surface area (Å²) < 4.78 is 19.4. The van der Waals surface area contributed by atoms with Crippen LogP contribution in [0.25, 0.3) is 0 Å². The van der Waals surface area contributed by atoms with E-state index in [2.05, 4.69) is 10.3 Å². The molecule has 0 aliphatic rings. The molecule has 0 aliphatic carbocycles. The van der Waals surface area contributed by atoms with Crippen molar-refractivity contribution >= 4 is 0 Å². The molecule has 0 spiro atoms. The van der Waals surface area contributed by atoms with Crippen LogP contribution in [-0.2, 0) is 0 Å². The first-order valence-electron chi connectivity index (χ1n) is 6.09. The highest BCUT2D eigenvalue weighted by Crippen LogP contribution is 2.31. The lowest BCUT2D eigenvalue weighted by atomic mass is 9.98. The smallest absolute Gasteiger partial charge is 0.132 e. The third kappa shape index (κ3) is 2.74. The molecule has 4 heteroatoms. The minimum absolute atomic E-state index is 0.288. The van der Waals surface area contributed by atoms with Gasteiger partial charge in [0.25, 0.3) is 0 Å². The molecule has 3 nitrogen and oxygen atoms in total. The normalized spacial score (nSPS) is 12.2. The van der Waals surface area contributed by atoms with Crippen LogP contribution in [0, 0.1) is 12.7 Å². The van der Waals surface area contributed by atoms with E-state index >= 15 is 0 Å². The van der Waals surface area contributed by atoms with Crippen LogP contribution in [0.4, 0.5) is 4.39 Å². The Bertz CT molecular complexity index is 555. The van der Waals surface area contributed by atoms with Gasteiger partial charge in [-0.05, 0) is 37.7 Å². The molecule has 1 atom stereocenters. The minimum atomic E-state index is -0.292. The average Bonchev–Trinajstić information content (AvgIpc) is 2.43. The quantitative estimate of drug-likeness (QED) is 0.918. The number of hydrogen-bond donors (Lipinski definition) is 1. The molecule has 2 rings (SSSR count). The summed E-state index contributed by atoms with van der Waals surface area (Å²) in [6.45, 7) is 1.92. The first kappa shape index (κ1) is 13.5. The zero-order valence-electron chi connectivity index (χ0n) is 11.3. The summed E-state index contributed by atoms with van der Waals surface area (Å²) in [4.78, 5) is 4.26. The Morgan fingerprint density at radius 1 is 1.26 bits per heavy atom. The van der Waals surface area contributed by atoms with Crippen LogP contribution in [0.5, 0.6) is 5.75 Å². The van der Waals surface area contributed by atoms with E-state index in [0.717, 1.165) is 11.3 Å². The molecule has 19 heavy (non-hydrogen) atoms. The lowest BCUT2D eigenvalue weighted by Crippen LogP contribution is -2.20. The standard InChI is InChI=1S/C15H17FN2O/c1-10-7-8-11(9-18-10)15(17-2)14-12(16)5-4-6-13(14)19-3/h4-9,15,17H,1-3H3. The predicted molar refractivity (Wildman–Crippen MR) is 72.8 cm³/mol. The molecular formula is C15H17FN2O. The molecule has 1 heterocycles. The molecule has 0 fully saturated rings. The number of halogens is 1. The lowest BCUT2D eigenvalue weighted by molar-refractivity contribution is 0.398. The van der Waals surface area contributed by atoms with E-state index in [1.807, 2.05) is 19.1 Å². The second kappa shape index (κ2) is 5.80. The van der Waals surface area contributed by atoms with Crippen molar-refractivity contribution in [2.45, 2.75) is 13.0 Å². The maximum atomic E-state index is 14.1. The number of nitrogens with zero attached hydrogens (tertiary/aromatic N) is 1. The van der Waals surface area contributed by atoms with Gasteiger partial charge in [0.2, 0.25) is 0 Å². The number of pyridine rings is 1. The molecule has 0 radical (unpaired) electrons. The third-order valence-electron chi connectivity index (χ3n) is 3.08. The van der Waals surface area contributed by atoms with Gasteiger partial charge < -0.3 is 10.1 Å². The van der Waals surface area contributed by atoms with Gasteiger partial charge in [-0.1, -0.05) is 12.1 Å².